The van der Waals surface area contributed by atoms with Gasteiger partial charge in [-0.2, -0.15) is 5.26 Å². The van der Waals surface area contributed by atoms with Crippen LogP contribution in [0.5, 0.6) is 0 Å². The maximum Gasteiger partial charge on any atom is 0.235 e. The Kier molecular flexibility index (Phi) is 5.78. The van der Waals surface area contributed by atoms with Crippen molar-refractivity contribution in [1.82, 2.24) is 14.8 Å². The van der Waals surface area contributed by atoms with Crippen LogP contribution in [0.3, 0.4) is 0 Å². The number of carbonyl (C=O) groups excluding carboxylic acids is 1. The van der Waals surface area contributed by atoms with Crippen molar-refractivity contribution >= 4 is 34.0 Å². The van der Waals surface area contributed by atoms with Crippen molar-refractivity contribution < 1.29 is 4.79 Å². The minimum absolute atomic E-state index is 0.115. The van der Waals surface area contributed by atoms with Crippen molar-refractivity contribution in [2.24, 2.45) is 13.0 Å². The van der Waals surface area contributed by atoms with Gasteiger partial charge in [-0.25, -0.2) is 0 Å². The molecular weight excluding hydrogens is 438 g/mol. The Balaban J connectivity index is 1.21. The molecule has 2 aliphatic carbocycles. The van der Waals surface area contributed by atoms with E-state index < -0.39 is 0 Å². The van der Waals surface area contributed by atoms with Gasteiger partial charge in [-0.1, -0.05) is 49.0 Å². The summed E-state index contributed by atoms with van der Waals surface area (Å²) in [5, 5.41) is 22.8. The zero-order valence-electron chi connectivity index (χ0n) is 18.2. The molecule has 3 unspecified atom stereocenters. The zero-order valence-corrected chi connectivity index (χ0v) is 19.8. The number of rotatable bonds is 6. The average molecular weight is 464 g/mol. The number of amides is 1. The molecule has 3 aromatic rings. The first-order valence-corrected chi connectivity index (χ1v) is 12.8. The summed E-state index contributed by atoms with van der Waals surface area (Å²) >= 11 is 2.95. The number of nitrogens with zero attached hydrogens (tertiary/aromatic N) is 4. The lowest BCUT2D eigenvalue weighted by Crippen LogP contribution is -2.14. The van der Waals surface area contributed by atoms with E-state index in [4.69, 9.17) is 0 Å². The lowest BCUT2D eigenvalue weighted by Gasteiger charge is -2.17. The van der Waals surface area contributed by atoms with Crippen molar-refractivity contribution in [1.29, 1.82) is 5.26 Å². The van der Waals surface area contributed by atoms with E-state index in [9.17, 15) is 10.1 Å². The number of nitrogens with one attached hydrogen (secondary N) is 1. The molecule has 164 valence electrons. The Bertz CT molecular complexity index is 1190. The van der Waals surface area contributed by atoms with Crippen LogP contribution in [0.15, 0.2) is 35.5 Å². The SMILES string of the molecule is CC1CCc2c(sc(NC(=O)CSc3nnc(C4CC4c4ccccc4)n3C)c2C#N)C1. The third-order valence-electron chi connectivity index (χ3n) is 6.43. The quantitative estimate of drug-likeness (QED) is 0.527. The first kappa shape index (κ1) is 21.2. The summed E-state index contributed by atoms with van der Waals surface area (Å²) in [5.41, 5.74) is 3.13. The normalized spacial score (nSPS) is 21.6. The predicted molar refractivity (Wildman–Crippen MR) is 127 cm³/mol. The number of carbonyl (C=O) groups is 1. The second-order valence-corrected chi connectivity index (χ2v) is 10.8. The molecule has 0 radical (unpaired) electrons. The number of aromatic nitrogens is 3. The highest BCUT2D eigenvalue weighted by molar-refractivity contribution is 7.99. The van der Waals surface area contributed by atoms with Gasteiger partial charge in [-0.3, -0.25) is 4.79 Å². The summed E-state index contributed by atoms with van der Waals surface area (Å²) < 4.78 is 2.01. The van der Waals surface area contributed by atoms with E-state index in [-0.39, 0.29) is 11.7 Å². The van der Waals surface area contributed by atoms with Gasteiger partial charge in [0.2, 0.25) is 5.91 Å². The van der Waals surface area contributed by atoms with Crippen molar-refractivity contribution in [3.05, 3.63) is 57.7 Å². The van der Waals surface area contributed by atoms with Crippen LogP contribution in [-0.2, 0) is 24.7 Å². The summed E-state index contributed by atoms with van der Waals surface area (Å²) in [6, 6.07) is 12.8. The number of hydrogen-bond donors (Lipinski definition) is 1. The first-order valence-electron chi connectivity index (χ1n) is 11.0. The van der Waals surface area contributed by atoms with Gasteiger partial charge in [0, 0.05) is 17.8 Å². The van der Waals surface area contributed by atoms with Gasteiger partial charge in [0.1, 0.15) is 16.9 Å². The highest BCUT2D eigenvalue weighted by Crippen LogP contribution is 2.54. The number of anilines is 1. The zero-order chi connectivity index (χ0) is 22.2. The largest absolute Gasteiger partial charge is 0.316 e. The number of thiophene rings is 1. The molecule has 3 atom stereocenters. The Labute approximate surface area is 196 Å². The fourth-order valence-corrected chi connectivity index (χ4v) is 6.67. The molecule has 1 aromatic carbocycles. The summed E-state index contributed by atoms with van der Waals surface area (Å²) in [4.78, 5) is 13.9. The van der Waals surface area contributed by atoms with Crippen LogP contribution in [0.1, 0.15) is 59.0 Å². The number of nitriles is 1. The molecule has 1 fully saturated rings. The monoisotopic (exact) mass is 463 g/mol. The van der Waals surface area contributed by atoms with Gasteiger partial charge in [0.15, 0.2) is 5.16 Å². The molecule has 0 spiro atoms. The molecule has 5 rings (SSSR count). The van der Waals surface area contributed by atoms with Gasteiger partial charge in [-0.15, -0.1) is 21.5 Å². The number of hydrogen-bond acceptors (Lipinski definition) is 6. The van der Waals surface area contributed by atoms with E-state index in [1.165, 1.54) is 22.2 Å². The first-order chi connectivity index (χ1) is 15.5. The molecular formula is C24H25N5OS2. The molecule has 2 aromatic heterocycles. The molecule has 2 aliphatic rings. The minimum Gasteiger partial charge on any atom is -0.316 e. The highest BCUT2D eigenvalue weighted by Gasteiger charge is 2.42. The van der Waals surface area contributed by atoms with Crippen molar-refractivity contribution in [2.45, 2.75) is 49.6 Å². The Morgan fingerprint density at radius 3 is 2.91 bits per heavy atom. The van der Waals surface area contributed by atoms with E-state index in [1.807, 2.05) is 17.7 Å². The van der Waals surface area contributed by atoms with Crippen molar-refractivity contribution in [2.75, 3.05) is 11.1 Å². The van der Waals surface area contributed by atoms with Crippen LogP contribution in [-0.4, -0.2) is 26.4 Å². The summed E-state index contributed by atoms with van der Waals surface area (Å²) in [7, 11) is 1.97. The van der Waals surface area contributed by atoms with E-state index in [0.29, 0.717) is 28.3 Å². The topological polar surface area (TPSA) is 83.6 Å². The molecule has 2 heterocycles. The summed E-state index contributed by atoms with van der Waals surface area (Å²) in [6.07, 6.45) is 4.10. The van der Waals surface area contributed by atoms with E-state index >= 15 is 0 Å². The highest BCUT2D eigenvalue weighted by atomic mass is 32.2. The molecule has 0 aliphatic heterocycles. The van der Waals surface area contributed by atoms with Crippen molar-refractivity contribution in [3.8, 4) is 6.07 Å². The molecule has 0 bridgehead atoms. The molecule has 1 N–H and O–H groups in total. The average Bonchev–Trinajstić information content (AvgIpc) is 3.39. The molecule has 1 amide bonds. The smallest absolute Gasteiger partial charge is 0.235 e. The lowest BCUT2D eigenvalue weighted by atomic mass is 9.89. The Hall–Kier alpha value is -2.63. The molecule has 6 nitrogen and oxygen atoms in total. The maximum atomic E-state index is 12.6. The van der Waals surface area contributed by atoms with Crippen LogP contribution in [0.25, 0.3) is 0 Å². The second-order valence-electron chi connectivity index (χ2n) is 8.76. The third kappa shape index (κ3) is 4.07. The van der Waals surface area contributed by atoms with E-state index in [2.05, 4.69) is 52.8 Å². The second kappa shape index (κ2) is 8.72. The molecule has 8 heteroatoms. The van der Waals surface area contributed by atoms with E-state index in [0.717, 1.165) is 42.2 Å². The van der Waals surface area contributed by atoms with E-state index in [1.54, 1.807) is 11.3 Å². The van der Waals surface area contributed by atoms with Crippen LogP contribution in [0.2, 0.25) is 0 Å². The summed E-state index contributed by atoms with van der Waals surface area (Å²) in [6.45, 7) is 2.24. The predicted octanol–water partition coefficient (Wildman–Crippen LogP) is 4.87. The van der Waals surface area contributed by atoms with Gasteiger partial charge in [-0.05, 0) is 48.6 Å². The fraction of sp³-hybridized carbons (Fsp3) is 0.417. The van der Waals surface area contributed by atoms with Gasteiger partial charge >= 0.3 is 0 Å². The molecule has 1 saturated carbocycles. The third-order valence-corrected chi connectivity index (χ3v) is 8.62. The number of thioether (sulfide) groups is 1. The standard InChI is InChI=1S/C24H25N5OS2/c1-14-8-9-16-19(12-25)23(32-20(16)10-14)26-21(30)13-31-24-28-27-22(29(24)2)18-11-17(18)15-6-4-3-5-7-15/h3-7,14,17-18H,8-11,13H2,1-2H3,(H,26,30). The Morgan fingerprint density at radius 2 is 2.12 bits per heavy atom. The minimum atomic E-state index is -0.115. The van der Waals surface area contributed by atoms with Gasteiger partial charge < -0.3 is 9.88 Å². The van der Waals surface area contributed by atoms with Crippen LogP contribution in [0.4, 0.5) is 5.00 Å². The van der Waals surface area contributed by atoms with Gasteiger partial charge in [0.05, 0.1) is 11.3 Å². The van der Waals surface area contributed by atoms with Gasteiger partial charge in [0.25, 0.3) is 0 Å². The molecule has 0 saturated heterocycles. The van der Waals surface area contributed by atoms with Crippen LogP contribution < -0.4 is 5.32 Å². The molecule has 32 heavy (non-hydrogen) atoms. The fourth-order valence-electron chi connectivity index (χ4n) is 4.57. The Morgan fingerprint density at radius 1 is 1.31 bits per heavy atom. The lowest BCUT2D eigenvalue weighted by molar-refractivity contribution is -0.113. The summed E-state index contributed by atoms with van der Waals surface area (Å²) in [5.74, 6) is 2.62. The van der Waals surface area contributed by atoms with Crippen LogP contribution in [0, 0.1) is 17.2 Å². The number of benzene rings is 1. The van der Waals surface area contributed by atoms with Crippen molar-refractivity contribution in [3.63, 3.8) is 0 Å². The maximum absolute atomic E-state index is 12.6. The number of fused-ring (bicyclic) bond motifs is 1. The van der Waals surface area contributed by atoms with Crippen LogP contribution >= 0.6 is 23.1 Å².